The minimum Gasteiger partial charge on any atom is -0.490 e. The largest absolute Gasteiger partial charge is 0.490 e. The molecule has 0 spiro atoms. The zero-order chi connectivity index (χ0) is 16.2. The van der Waals surface area contributed by atoms with Crippen LogP contribution in [0.5, 0.6) is 11.5 Å². The predicted octanol–water partition coefficient (Wildman–Crippen LogP) is 2.07. The molecule has 0 atom stereocenters. The zero-order valence-corrected chi connectivity index (χ0v) is 13.5. The number of carbonyl (C=O) groups excluding carboxylic acids is 1. The van der Waals surface area contributed by atoms with Crippen molar-refractivity contribution in [2.45, 2.75) is 26.3 Å². The lowest BCUT2D eigenvalue weighted by molar-refractivity contribution is 0.0949. The molecule has 0 unspecified atom stereocenters. The molecule has 1 aromatic heterocycles. The highest BCUT2D eigenvalue weighted by Gasteiger charge is 2.17. The molecule has 0 bridgehead atoms. The number of rotatable bonds is 4. The van der Waals surface area contributed by atoms with Gasteiger partial charge in [-0.1, -0.05) is 19.1 Å². The SMILES string of the molecule is CCc1nn(C)cc1C(=O)NCc1cccc2c1OCCCO2. The Morgan fingerprint density at radius 2 is 2.17 bits per heavy atom. The fraction of sp³-hybridized carbons (Fsp3) is 0.412. The minimum absolute atomic E-state index is 0.123. The van der Waals surface area contributed by atoms with Crippen molar-refractivity contribution in [2.75, 3.05) is 13.2 Å². The first-order chi connectivity index (χ1) is 11.2. The van der Waals surface area contributed by atoms with Crippen molar-refractivity contribution in [3.63, 3.8) is 0 Å². The van der Waals surface area contributed by atoms with Gasteiger partial charge >= 0.3 is 0 Å². The fourth-order valence-electron chi connectivity index (χ4n) is 2.65. The lowest BCUT2D eigenvalue weighted by Gasteiger charge is -2.13. The van der Waals surface area contributed by atoms with Crippen molar-refractivity contribution < 1.29 is 14.3 Å². The lowest BCUT2D eigenvalue weighted by atomic mass is 10.1. The van der Waals surface area contributed by atoms with Crippen molar-refractivity contribution in [2.24, 2.45) is 7.05 Å². The molecule has 2 heterocycles. The van der Waals surface area contributed by atoms with Crippen LogP contribution >= 0.6 is 0 Å². The molecule has 0 aliphatic carbocycles. The summed E-state index contributed by atoms with van der Waals surface area (Å²) in [5, 5.41) is 7.24. The number of amides is 1. The van der Waals surface area contributed by atoms with Crippen molar-refractivity contribution >= 4 is 5.91 Å². The Bertz CT molecular complexity index is 709. The van der Waals surface area contributed by atoms with E-state index in [4.69, 9.17) is 9.47 Å². The summed E-state index contributed by atoms with van der Waals surface area (Å²) in [5.74, 6) is 1.35. The van der Waals surface area contributed by atoms with E-state index in [-0.39, 0.29) is 5.91 Å². The second kappa shape index (κ2) is 6.73. The second-order valence-corrected chi connectivity index (χ2v) is 5.49. The number of fused-ring (bicyclic) bond motifs is 1. The van der Waals surface area contributed by atoms with Crippen LogP contribution in [-0.2, 0) is 20.0 Å². The molecular weight excluding hydrogens is 294 g/mol. The number of hydrogen-bond acceptors (Lipinski definition) is 4. The molecule has 1 amide bonds. The standard InChI is InChI=1S/C17H21N3O3/c1-3-14-13(11-20(2)19-14)17(21)18-10-12-6-4-7-15-16(12)23-9-5-8-22-15/h4,6-7,11H,3,5,8-10H2,1-2H3,(H,18,21). The van der Waals surface area contributed by atoms with Crippen LogP contribution in [0.2, 0.25) is 0 Å². The topological polar surface area (TPSA) is 65.4 Å². The molecule has 1 aliphatic rings. The van der Waals surface area contributed by atoms with Gasteiger partial charge in [-0.05, 0) is 12.5 Å². The van der Waals surface area contributed by atoms with E-state index in [0.29, 0.717) is 25.3 Å². The molecule has 6 nitrogen and oxygen atoms in total. The Morgan fingerprint density at radius 1 is 1.35 bits per heavy atom. The fourth-order valence-corrected chi connectivity index (χ4v) is 2.65. The molecule has 3 rings (SSSR count). The summed E-state index contributed by atoms with van der Waals surface area (Å²) < 4.78 is 13.1. The number of aryl methyl sites for hydroxylation is 2. The molecule has 1 aromatic carbocycles. The van der Waals surface area contributed by atoms with Crippen molar-refractivity contribution in [3.8, 4) is 11.5 Å². The summed E-state index contributed by atoms with van der Waals surface area (Å²) in [6.07, 6.45) is 3.33. The highest BCUT2D eigenvalue weighted by Crippen LogP contribution is 2.33. The smallest absolute Gasteiger partial charge is 0.255 e. The number of hydrogen-bond donors (Lipinski definition) is 1. The van der Waals surface area contributed by atoms with Gasteiger partial charge in [0.1, 0.15) is 0 Å². The van der Waals surface area contributed by atoms with Gasteiger partial charge in [-0.3, -0.25) is 9.48 Å². The summed E-state index contributed by atoms with van der Waals surface area (Å²) in [5.41, 5.74) is 2.34. The highest BCUT2D eigenvalue weighted by molar-refractivity contribution is 5.95. The first kappa shape index (κ1) is 15.4. The molecule has 0 fully saturated rings. The Labute approximate surface area is 135 Å². The van der Waals surface area contributed by atoms with Gasteiger partial charge in [-0.25, -0.2) is 0 Å². The molecule has 6 heteroatoms. The van der Waals surface area contributed by atoms with Gasteiger partial charge in [0.15, 0.2) is 11.5 Å². The third-order valence-corrected chi connectivity index (χ3v) is 3.78. The van der Waals surface area contributed by atoms with Gasteiger partial charge in [0.05, 0.1) is 24.5 Å². The molecule has 0 radical (unpaired) electrons. The molecule has 2 aromatic rings. The maximum absolute atomic E-state index is 12.4. The van der Waals surface area contributed by atoms with Gasteiger partial charge in [0.2, 0.25) is 0 Å². The second-order valence-electron chi connectivity index (χ2n) is 5.49. The molecular formula is C17H21N3O3. The summed E-state index contributed by atoms with van der Waals surface area (Å²) in [4.78, 5) is 12.4. The number of nitrogens with one attached hydrogen (secondary N) is 1. The van der Waals surface area contributed by atoms with Gasteiger partial charge in [-0.15, -0.1) is 0 Å². The molecule has 1 aliphatic heterocycles. The van der Waals surface area contributed by atoms with Crippen LogP contribution in [-0.4, -0.2) is 28.9 Å². The number of ether oxygens (including phenoxy) is 2. The maximum atomic E-state index is 12.4. The maximum Gasteiger partial charge on any atom is 0.255 e. The van der Waals surface area contributed by atoms with Gasteiger partial charge < -0.3 is 14.8 Å². The van der Waals surface area contributed by atoms with E-state index in [1.54, 1.807) is 10.9 Å². The third-order valence-electron chi connectivity index (χ3n) is 3.78. The van der Waals surface area contributed by atoms with Crippen molar-refractivity contribution in [1.29, 1.82) is 0 Å². The first-order valence-electron chi connectivity index (χ1n) is 7.87. The van der Waals surface area contributed by atoms with E-state index in [9.17, 15) is 4.79 Å². The van der Waals surface area contributed by atoms with Crippen LogP contribution in [0.15, 0.2) is 24.4 Å². The Kier molecular flexibility index (Phi) is 4.50. The number of para-hydroxylation sites is 1. The Morgan fingerprint density at radius 3 is 3.00 bits per heavy atom. The quantitative estimate of drug-likeness (QED) is 0.938. The zero-order valence-electron chi connectivity index (χ0n) is 13.5. The summed E-state index contributed by atoms with van der Waals surface area (Å²) >= 11 is 0. The van der Waals surface area contributed by atoms with Gasteiger partial charge in [-0.2, -0.15) is 5.10 Å². The van der Waals surface area contributed by atoms with Crippen LogP contribution in [0.3, 0.4) is 0 Å². The van der Waals surface area contributed by atoms with Crippen LogP contribution in [0.1, 0.15) is 35.0 Å². The van der Waals surface area contributed by atoms with Crippen LogP contribution < -0.4 is 14.8 Å². The predicted molar refractivity (Wildman–Crippen MR) is 85.8 cm³/mol. The van der Waals surface area contributed by atoms with Crippen LogP contribution in [0, 0.1) is 0 Å². The molecule has 0 saturated carbocycles. The normalized spacial score (nSPS) is 13.5. The van der Waals surface area contributed by atoms with Crippen LogP contribution in [0.25, 0.3) is 0 Å². The van der Waals surface area contributed by atoms with E-state index in [2.05, 4.69) is 10.4 Å². The monoisotopic (exact) mass is 315 g/mol. The summed E-state index contributed by atoms with van der Waals surface area (Å²) in [6, 6.07) is 5.75. The summed E-state index contributed by atoms with van der Waals surface area (Å²) in [7, 11) is 1.82. The van der Waals surface area contributed by atoms with Gasteiger partial charge in [0, 0.05) is 31.8 Å². The van der Waals surface area contributed by atoms with E-state index >= 15 is 0 Å². The number of carbonyl (C=O) groups is 1. The van der Waals surface area contributed by atoms with E-state index in [0.717, 1.165) is 35.6 Å². The minimum atomic E-state index is -0.123. The van der Waals surface area contributed by atoms with Crippen LogP contribution in [0.4, 0.5) is 0 Å². The van der Waals surface area contributed by atoms with E-state index in [1.807, 2.05) is 32.2 Å². The Balaban J connectivity index is 1.74. The molecule has 1 N–H and O–H groups in total. The van der Waals surface area contributed by atoms with E-state index < -0.39 is 0 Å². The number of aromatic nitrogens is 2. The average molecular weight is 315 g/mol. The molecule has 0 saturated heterocycles. The van der Waals surface area contributed by atoms with E-state index in [1.165, 1.54) is 0 Å². The molecule has 23 heavy (non-hydrogen) atoms. The lowest BCUT2D eigenvalue weighted by Crippen LogP contribution is -2.23. The summed E-state index contributed by atoms with van der Waals surface area (Å²) in [6.45, 7) is 3.66. The average Bonchev–Trinajstić information content (AvgIpc) is 2.78. The molecule has 122 valence electrons. The Hall–Kier alpha value is -2.50. The first-order valence-corrected chi connectivity index (χ1v) is 7.87. The number of benzene rings is 1. The third kappa shape index (κ3) is 3.31. The van der Waals surface area contributed by atoms with Crippen molar-refractivity contribution in [3.05, 3.63) is 41.2 Å². The highest BCUT2D eigenvalue weighted by atomic mass is 16.5. The van der Waals surface area contributed by atoms with Crippen molar-refractivity contribution in [1.82, 2.24) is 15.1 Å². The van der Waals surface area contributed by atoms with Gasteiger partial charge in [0.25, 0.3) is 5.91 Å². The number of nitrogens with zero attached hydrogens (tertiary/aromatic N) is 2.